The smallest absolute Gasteiger partial charge is 0.296 e. The first-order valence-corrected chi connectivity index (χ1v) is 9.62. The van der Waals surface area contributed by atoms with Crippen LogP contribution in [0.25, 0.3) is 20.9 Å². The monoisotopic (exact) mass is 420 g/mol. The fraction of sp³-hybridized carbons (Fsp3) is 0.0500. The number of anilines is 1. The third-order valence-electron chi connectivity index (χ3n) is 4.48. The number of nitro groups is 1. The number of nitrogens with zero attached hydrogens (tertiary/aromatic N) is 3. The molecule has 3 heterocycles. The zero-order valence-corrected chi connectivity index (χ0v) is 16.0. The highest BCUT2D eigenvalue weighted by Crippen LogP contribution is 2.41. The van der Waals surface area contributed by atoms with E-state index in [2.05, 4.69) is 15.3 Å². The van der Waals surface area contributed by atoms with E-state index in [-0.39, 0.29) is 29.5 Å². The van der Waals surface area contributed by atoms with E-state index in [4.69, 9.17) is 9.47 Å². The largest absolute Gasteiger partial charge is 0.454 e. The summed E-state index contributed by atoms with van der Waals surface area (Å²) in [6.07, 6.45) is 1.57. The molecule has 10 heteroatoms. The lowest BCUT2D eigenvalue weighted by atomic mass is 10.1. The van der Waals surface area contributed by atoms with Crippen LogP contribution in [-0.2, 0) is 0 Å². The third kappa shape index (κ3) is 3.08. The molecule has 0 aliphatic carbocycles. The topological polar surface area (TPSA) is 116 Å². The van der Waals surface area contributed by atoms with Gasteiger partial charge in [-0.2, -0.15) is 0 Å². The van der Waals surface area contributed by atoms with Gasteiger partial charge in [0.15, 0.2) is 11.5 Å². The van der Waals surface area contributed by atoms with Gasteiger partial charge in [0.1, 0.15) is 16.4 Å². The Bertz CT molecular complexity index is 1290. The summed E-state index contributed by atoms with van der Waals surface area (Å²) >= 11 is 1.41. The number of nitro benzene ring substituents is 1. The predicted octanol–water partition coefficient (Wildman–Crippen LogP) is 4.25. The van der Waals surface area contributed by atoms with Crippen molar-refractivity contribution in [3.63, 3.8) is 0 Å². The van der Waals surface area contributed by atoms with Crippen molar-refractivity contribution in [1.82, 2.24) is 9.97 Å². The van der Waals surface area contributed by atoms with Crippen molar-refractivity contribution >= 4 is 38.8 Å². The molecule has 4 aromatic rings. The third-order valence-corrected chi connectivity index (χ3v) is 5.53. The van der Waals surface area contributed by atoms with Gasteiger partial charge in [-0.3, -0.25) is 19.9 Å². The summed E-state index contributed by atoms with van der Waals surface area (Å²) in [7, 11) is 0. The van der Waals surface area contributed by atoms with E-state index in [0.29, 0.717) is 16.5 Å². The van der Waals surface area contributed by atoms with Crippen molar-refractivity contribution in [3.05, 3.63) is 70.4 Å². The maximum Gasteiger partial charge on any atom is 0.296 e. The standard InChI is InChI=1S/C20H12N4O5S/c25-19(22-13-8-15-16(29-10-28-15)9-14(13)24(26)27)11-4-3-7-21-18(11)20-23-12-5-1-2-6-17(12)30-20/h1-9H,10H2,(H,22,25). The Hall–Kier alpha value is -4.05. The molecule has 9 nitrogen and oxygen atoms in total. The van der Waals surface area contributed by atoms with Gasteiger partial charge in [-0.05, 0) is 24.3 Å². The van der Waals surface area contributed by atoms with Crippen LogP contribution >= 0.6 is 11.3 Å². The molecule has 5 rings (SSSR count). The average Bonchev–Trinajstić information content (AvgIpc) is 3.39. The van der Waals surface area contributed by atoms with Gasteiger partial charge in [-0.25, -0.2) is 4.98 Å². The van der Waals surface area contributed by atoms with E-state index >= 15 is 0 Å². The minimum Gasteiger partial charge on any atom is -0.454 e. The van der Waals surface area contributed by atoms with Crippen LogP contribution in [0.1, 0.15) is 10.4 Å². The van der Waals surface area contributed by atoms with Crippen molar-refractivity contribution in [2.24, 2.45) is 0 Å². The molecule has 0 saturated heterocycles. The number of rotatable bonds is 4. The molecule has 1 aliphatic rings. The number of carbonyl (C=O) groups is 1. The Morgan fingerprint density at radius 2 is 1.93 bits per heavy atom. The number of hydrogen-bond donors (Lipinski definition) is 1. The molecule has 0 fully saturated rings. The molecule has 1 aliphatic heterocycles. The van der Waals surface area contributed by atoms with E-state index in [1.807, 2.05) is 24.3 Å². The summed E-state index contributed by atoms with van der Waals surface area (Å²) in [6.45, 7) is -0.0335. The zero-order valence-electron chi connectivity index (χ0n) is 15.2. The van der Waals surface area contributed by atoms with Crippen LogP contribution in [0.4, 0.5) is 11.4 Å². The predicted molar refractivity (Wildman–Crippen MR) is 110 cm³/mol. The fourth-order valence-electron chi connectivity index (χ4n) is 3.10. The molecule has 0 saturated carbocycles. The van der Waals surface area contributed by atoms with Crippen molar-refractivity contribution in [2.45, 2.75) is 0 Å². The van der Waals surface area contributed by atoms with Crippen LogP contribution in [-0.4, -0.2) is 27.6 Å². The minimum atomic E-state index is -0.588. The SMILES string of the molecule is O=C(Nc1cc2c(cc1[N+](=O)[O-])OCO2)c1cccnc1-c1nc2ccccc2s1. The van der Waals surface area contributed by atoms with Gasteiger partial charge in [0.25, 0.3) is 11.6 Å². The van der Waals surface area contributed by atoms with Crippen molar-refractivity contribution < 1.29 is 19.2 Å². The zero-order chi connectivity index (χ0) is 20.7. The van der Waals surface area contributed by atoms with E-state index < -0.39 is 10.8 Å². The van der Waals surface area contributed by atoms with E-state index in [1.54, 1.807) is 18.3 Å². The Balaban J connectivity index is 1.53. The number of ether oxygens (including phenoxy) is 2. The number of pyridine rings is 1. The number of benzene rings is 2. The molecule has 0 atom stereocenters. The van der Waals surface area contributed by atoms with Crippen LogP contribution < -0.4 is 14.8 Å². The Kier molecular flexibility index (Phi) is 4.25. The van der Waals surface area contributed by atoms with Crippen molar-refractivity contribution in [3.8, 4) is 22.2 Å². The summed E-state index contributed by atoms with van der Waals surface area (Å²) in [5.41, 5.74) is 1.18. The molecule has 0 bridgehead atoms. The van der Waals surface area contributed by atoms with Crippen LogP contribution in [0.5, 0.6) is 11.5 Å². The second kappa shape index (κ2) is 7.08. The lowest BCUT2D eigenvalue weighted by Crippen LogP contribution is -2.15. The molecular formula is C20H12N4O5S. The first-order valence-electron chi connectivity index (χ1n) is 8.80. The quantitative estimate of drug-likeness (QED) is 0.387. The lowest BCUT2D eigenvalue weighted by Gasteiger charge is -2.09. The minimum absolute atomic E-state index is 0.00773. The second-order valence-electron chi connectivity index (χ2n) is 6.32. The van der Waals surface area contributed by atoms with Crippen LogP contribution in [0.2, 0.25) is 0 Å². The molecule has 148 valence electrons. The van der Waals surface area contributed by atoms with Crippen molar-refractivity contribution in [2.75, 3.05) is 12.1 Å². The molecular weight excluding hydrogens is 408 g/mol. The number of para-hydroxylation sites is 1. The lowest BCUT2D eigenvalue weighted by molar-refractivity contribution is -0.384. The number of fused-ring (bicyclic) bond motifs is 2. The van der Waals surface area contributed by atoms with E-state index in [9.17, 15) is 14.9 Å². The van der Waals surface area contributed by atoms with E-state index in [0.717, 1.165) is 10.2 Å². The normalized spacial score (nSPS) is 12.1. The summed E-state index contributed by atoms with van der Waals surface area (Å²) < 4.78 is 11.4. The van der Waals surface area contributed by atoms with Gasteiger partial charge in [-0.15, -0.1) is 11.3 Å². The molecule has 1 amide bonds. The summed E-state index contributed by atoms with van der Waals surface area (Å²) in [6, 6.07) is 13.5. The van der Waals surface area contributed by atoms with Crippen LogP contribution in [0.15, 0.2) is 54.7 Å². The number of thiazole rings is 1. The maximum atomic E-state index is 13.0. The molecule has 0 spiro atoms. The highest BCUT2D eigenvalue weighted by atomic mass is 32.1. The van der Waals surface area contributed by atoms with Crippen molar-refractivity contribution in [1.29, 1.82) is 0 Å². The fourth-order valence-corrected chi connectivity index (χ4v) is 4.08. The van der Waals surface area contributed by atoms with Gasteiger partial charge in [0.05, 0.1) is 26.8 Å². The molecule has 30 heavy (non-hydrogen) atoms. The van der Waals surface area contributed by atoms with Gasteiger partial charge in [0.2, 0.25) is 6.79 Å². The Labute approximate surface area is 173 Å². The average molecular weight is 420 g/mol. The molecule has 2 aromatic carbocycles. The Morgan fingerprint density at radius 3 is 2.73 bits per heavy atom. The van der Waals surface area contributed by atoms with Gasteiger partial charge in [-0.1, -0.05) is 12.1 Å². The van der Waals surface area contributed by atoms with Crippen LogP contribution in [0.3, 0.4) is 0 Å². The number of amides is 1. The summed E-state index contributed by atoms with van der Waals surface area (Å²) in [5.74, 6) is 0.0454. The summed E-state index contributed by atoms with van der Waals surface area (Å²) in [4.78, 5) is 32.8. The molecule has 0 unspecified atom stereocenters. The van der Waals surface area contributed by atoms with Crippen LogP contribution in [0, 0.1) is 10.1 Å². The van der Waals surface area contributed by atoms with Gasteiger partial charge in [0, 0.05) is 12.3 Å². The number of carbonyl (C=O) groups excluding carboxylic acids is 1. The molecule has 2 aromatic heterocycles. The second-order valence-corrected chi connectivity index (χ2v) is 7.35. The number of aromatic nitrogens is 2. The maximum absolute atomic E-state index is 13.0. The first kappa shape index (κ1) is 18.0. The van der Waals surface area contributed by atoms with E-state index in [1.165, 1.54) is 23.5 Å². The first-order chi connectivity index (χ1) is 14.6. The number of hydrogen-bond acceptors (Lipinski definition) is 8. The van der Waals surface area contributed by atoms with Gasteiger partial charge < -0.3 is 14.8 Å². The molecule has 1 N–H and O–H groups in total. The Morgan fingerprint density at radius 1 is 1.13 bits per heavy atom. The highest BCUT2D eigenvalue weighted by molar-refractivity contribution is 7.21. The number of nitrogens with one attached hydrogen (secondary N) is 1. The highest BCUT2D eigenvalue weighted by Gasteiger charge is 2.26. The van der Waals surface area contributed by atoms with Gasteiger partial charge >= 0.3 is 0 Å². The molecule has 0 radical (unpaired) electrons. The summed E-state index contributed by atoms with van der Waals surface area (Å²) in [5, 5.41) is 14.7.